The van der Waals surface area contributed by atoms with Crippen LogP contribution in [0.25, 0.3) is 11.8 Å². The number of alkyl halides is 1. The van der Waals surface area contributed by atoms with Gasteiger partial charge in [-0.15, -0.1) is 24.2 Å². The minimum atomic E-state index is -0.524. The molecule has 1 aromatic carbocycles. The first kappa shape index (κ1) is 31.5. The second-order valence-electron chi connectivity index (χ2n) is 8.91. The number of thiol groups is 1. The Hall–Kier alpha value is -2.74. The molecule has 206 valence electrons. The van der Waals surface area contributed by atoms with E-state index in [0.29, 0.717) is 35.5 Å². The van der Waals surface area contributed by atoms with Crippen LogP contribution in [-0.2, 0) is 0 Å². The molecule has 1 atom stereocenters. The van der Waals surface area contributed by atoms with E-state index in [1.165, 1.54) is 10.9 Å². The molecule has 0 aliphatic carbocycles. The summed E-state index contributed by atoms with van der Waals surface area (Å²) in [5, 5.41) is 3.53. The second-order valence-corrected chi connectivity index (χ2v) is 10.2. The van der Waals surface area contributed by atoms with Gasteiger partial charge in [0, 0.05) is 12.1 Å². The first-order valence-electron chi connectivity index (χ1n) is 13.0. The van der Waals surface area contributed by atoms with Gasteiger partial charge in [-0.25, -0.2) is 4.98 Å². The number of hydrogen-bond donors (Lipinski definition) is 2. The molecule has 2 aromatic rings. The lowest BCUT2D eigenvalue weighted by Crippen LogP contribution is -2.29. The number of methoxy groups -OCH3 is 1. The Bertz CT molecular complexity index is 1200. The van der Waals surface area contributed by atoms with Crippen molar-refractivity contribution >= 4 is 30.3 Å². The van der Waals surface area contributed by atoms with Crippen molar-refractivity contribution in [1.29, 1.82) is 0 Å². The average Bonchev–Trinajstić information content (AvgIpc) is 2.90. The normalized spacial score (nSPS) is 13.9. The van der Waals surface area contributed by atoms with Gasteiger partial charge in [0.1, 0.15) is 6.33 Å². The summed E-state index contributed by atoms with van der Waals surface area (Å²) in [6.45, 7) is 9.68. The number of rotatable bonds is 15. The highest BCUT2D eigenvalue weighted by Crippen LogP contribution is 2.29. The first-order valence-corrected chi connectivity index (χ1v) is 13.8. The SMILES string of the molecule is C/C=C\C(C)(Cl)C=C/C=C/C=C/c1ncn(-c2ccc(OCCCNC(CC)CC)c(OC)c2)c(=O)c1S. The zero-order valence-corrected chi connectivity index (χ0v) is 24.6. The molecule has 0 radical (unpaired) electrons. The predicted octanol–water partition coefficient (Wildman–Crippen LogP) is 6.78. The highest BCUT2D eigenvalue weighted by Gasteiger charge is 2.12. The monoisotopic (exact) mass is 557 g/mol. The van der Waals surface area contributed by atoms with Gasteiger partial charge in [-0.2, -0.15) is 0 Å². The average molecular weight is 558 g/mol. The summed E-state index contributed by atoms with van der Waals surface area (Å²) in [6, 6.07) is 5.92. The van der Waals surface area contributed by atoms with Gasteiger partial charge in [0.15, 0.2) is 11.5 Å². The molecule has 1 heterocycles. The van der Waals surface area contributed by atoms with Gasteiger partial charge in [0.2, 0.25) is 0 Å². The predicted molar refractivity (Wildman–Crippen MR) is 163 cm³/mol. The van der Waals surface area contributed by atoms with Crippen molar-refractivity contribution in [2.24, 2.45) is 0 Å². The van der Waals surface area contributed by atoms with Gasteiger partial charge in [-0.05, 0) is 57.9 Å². The van der Waals surface area contributed by atoms with Gasteiger partial charge in [-0.1, -0.05) is 56.4 Å². The first-order chi connectivity index (χ1) is 18.3. The zero-order chi connectivity index (χ0) is 28.0. The van der Waals surface area contributed by atoms with E-state index in [-0.39, 0.29) is 10.5 Å². The van der Waals surface area contributed by atoms with Gasteiger partial charge < -0.3 is 14.8 Å². The third-order valence-electron chi connectivity index (χ3n) is 5.90. The topological polar surface area (TPSA) is 65.4 Å². The van der Waals surface area contributed by atoms with Gasteiger partial charge in [0.05, 0.1) is 34.9 Å². The van der Waals surface area contributed by atoms with E-state index in [4.69, 9.17) is 21.1 Å². The fraction of sp³-hybridized carbons (Fsp3) is 0.400. The van der Waals surface area contributed by atoms with E-state index in [2.05, 4.69) is 36.8 Å². The third-order valence-corrected chi connectivity index (χ3v) is 6.57. The largest absolute Gasteiger partial charge is 0.493 e. The van der Waals surface area contributed by atoms with Gasteiger partial charge in [-0.3, -0.25) is 9.36 Å². The molecular formula is C30H40ClN3O3S. The maximum atomic E-state index is 13.0. The number of halogens is 1. The summed E-state index contributed by atoms with van der Waals surface area (Å²) in [5.41, 5.74) is 0.816. The molecule has 1 aromatic heterocycles. The maximum absolute atomic E-state index is 13.0. The summed E-state index contributed by atoms with van der Waals surface area (Å²) >= 11 is 10.8. The second kappa shape index (κ2) is 16.3. The van der Waals surface area contributed by atoms with Crippen molar-refractivity contribution in [3.63, 3.8) is 0 Å². The van der Waals surface area contributed by atoms with Crippen LogP contribution in [0, 0.1) is 0 Å². The zero-order valence-electron chi connectivity index (χ0n) is 23.0. The Balaban J connectivity index is 2.07. The van der Waals surface area contributed by atoms with Crippen LogP contribution in [0.2, 0.25) is 0 Å². The third kappa shape index (κ3) is 9.86. The number of allylic oxidation sites excluding steroid dienone is 7. The minimum absolute atomic E-state index is 0.248. The fourth-order valence-corrected chi connectivity index (χ4v) is 4.17. The number of ether oxygens (including phenoxy) is 2. The quantitative estimate of drug-likeness (QED) is 0.0831. The molecule has 0 fully saturated rings. The Kier molecular flexibility index (Phi) is 13.5. The number of hydrogen-bond acceptors (Lipinski definition) is 6. The van der Waals surface area contributed by atoms with Crippen LogP contribution < -0.4 is 20.3 Å². The van der Waals surface area contributed by atoms with Crippen molar-refractivity contribution in [2.45, 2.75) is 62.8 Å². The van der Waals surface area contributed by atoms with Crippen molar-refractivity contribution in [2.75, 3.05) is 20.3 Å². The van der Waals surface area contributed by atoms with E-state index < -0.39 is 4.87 Å². The number of nitrogens with zero attached hydrogens (tertiary/aromatic N) is 2. The minimum Gasteiger partial charge on any atom is -0.493 e. The molecule has 0 spiro atoms. The Morgan fingerprint density at radius 3 is 2.58 bits per heavy atom. The van der Waals surface area contributed by atoms with E-state index in [1.807, 2.05) is 50.3 Å². The Labute approximate surface area is 237 Å². The molecule has 0 saturated heterocycles. The van der Waals surface area contributed by atoms with Crippen molar-refractivity contribution in [3.8, 4) is 17.2 Å². The highest BCUT2D eigenvalue weighted by atomic mass is 35.5. The molecular weight excluding hydrogens is 518 g/mol. The summed E-state index contributed by atoms with van der Waals surface area (Å²) < 4.78 is 12.9. The Morgan fingerprint density at radius 1 is 1.16 bits per heavy atom. The molecule has 2 rings (SSSR count). The smallest absolute Gasteiger partial charge is 0.271 e. The lowest BCUT2D eigenvalue weighted by molar-refractivity contribution is 0.284. The van der Waals surface area contributed by atoms with Crippen LogP contribution >= 0.6 is 24.2 Å². The maximum Gasteiger partial charge on any atom is 0.271 e. The van der Waals surface area contributed by atoms with Crippen LogP contribution in [0.5, 0.6) is 11.5 Å². The van der Waals surface area contributed by atoms with E-state index in [0.717, 1.165) is 25.8 Å². The molecule has 1 N–H and O–H groups in total. The van der Waals surface area contributed by atoms with Crippen molar-refractivity contribution in [3.05, 3.63) is 83.1 Å². The van der Waals surface area contributed by atoms with Crippen LogP contribution in [-0.4, -0.2) is 40.7 Å². The van der Waals surface area contributed by atoms with Gasteiger partial charge >= 0.3 is 0 Å². The van der Waals surface area contributed by atoms with Crippen molar-refractivity contribution < 1.29 is 9.47 Å². The van der Waals surface area contributed by atoms with Crippen LogP contribution in [0.15, 0.2) is 76.7 Å². The van der Waals surface area contributed by atoms with Gasteiger partial charge in [0.25, 0.3) is 5.56 Å². The number of benzene rings is 1. The molecule has 0 aliphatic rings. The fourth-order valence-electron chi connectivity index (χ4n) is 3.73. The van der Waals surface area contributed by atoms with Crippen LogP contribution in [0.4, 0.5) is 0 Å². The molecule has 0 amide bonds. The molecule has 38 heavy (non-hydrogen) atoms. The molecule has 0 saturated carbocycles. The molecule has 0 bridgehead atoms. The lowest BCUT2D eigenvalue weighted by Gasteiger charge is -2.16. The molecule has 6 nitrogen and oxygen atoms in total. The number of aromatic nitrogens is 2. The molecule has 1 unspecified atom stereocenters. The summed E-state index contributed by atoms with van der Waals surface area (Å²) in [5.74, 6) is 1.18. The molecule has 0 aliphatic heterocycles. The standard InChI is InChI=1S/C30H40ClN3O3S/c1-6-17-30(4,31)18-12-10-9-11-14-25-28(38)29(35)34(22-33-25)24-15-16-26(27(21-24)36-5)37-20-13-19-32-23(7-2)8-3/h6,9-12,14-18,21-23,32,38H,7-8,13,19-20H2,1-5H3/b10-9+,14-11+,17-6-,18-12?. The number of nitrogens with one attached hydrogen (secondary N) is 1. The highest BCUT2D eigenvalue weighted by molar-refractivity contribution is 7.80. The van der Waals surface area contributed by atoms with Crippen LogP contribution in [0.3, 0.4) is 0 Å². The summed E-state index contributed by atoms with van der Waals surface area (Å²) in [4.78, 5) is 17.2. The Morgan fingerprint density at radius 2 is 1.89 bits per heavy atom. The van der Waals surface area contributed by atoms with Crippen LogP contribution in [0.1, 0.15) is 52.7 Å². The van der Waals surface area contributed by atoms with E-state index in [9.17, 15) is 4.79 Å². The van der Waals surface area contributed by atoms with E-state index in [1.54, 1.807) is 37.5 Å². The molecule has 8 heteroatoms. The van der Waals surface area contributed by atoms with Crippen molar-refractivity contribution in [1.82, 2.24) is 14.9 Å². The summed E-state index contributed by atoms with van der Waals surface area (Å²) in [6.07, 6.45) is 19.4. The summed E-state index contributed by atoms with van der Waals surface area (Å²) in [7, 11) is 1.58. The lowest BCUT2D eigenvalue weighted by atomic mass is 10.1. The van der Waals surface area contributed by atoms with E-state index >= 15 is 0 Å².